The van der Waals surface area contributed by atoms with Gasteiger partial charge in [-0.3, -0.25) is 0 Å². The summed E-state index contributed by atoms with van der Waals surface area (Å²) in [6.07, 6.45) is 0.952. The highest BCUT2D eigenvalue weighted by molar-refractivity contribution is 7.89. The molecule has 0 aliphatic rings. The zero-order valence-corrected chi connectivity index (χ0v) is 13.1. The second-order valence-corrected chi connectivity index (χ2v) is 5.93. The molecule has 1 rings (SSSR count). The maximum atomic E-state index is 11.9. The predicted molar refractivity (Wildman–Crippen MR) is 80.7 cm³/mol. The van der Waals surface area contributed by atoms with Gasteiger partial charge >= 0.3 is 0 Å². The molecule has 0 spiro atoms. The lowest BCUT2D eigenvalue weighted by atomic mass is 10.1. The Balaban J connectivity index is 0.00000154. The Morgan fingerprint density at radius 3 is 2.26 bits per heavy atom. The molecule has 1 atom stereocenters. The summed E-state index contributed by atoms with van der Waals surface area (Å²) in [7, 11) is -1.46. The normalized spacial score (nSPS) is 12.4. The van der Waals surface area contributed by atoms with Crippen LogP contribution in [0, 0.1) is 5.92 Å². The third kappa shape index (κ3) is 7.30. The number of sulfonamides is 1. The van der Waals surface area contributed by atoms with Crippen molar-refractivity contribution in [2.45, 2.75) is 32.1 Å². The van der Waals surface area contributed by atoms with Crippen LogP contribution in [0.4, 0.5) is 0 Å². The molecule has 5 heteroatoms. The lowest BCUT2D eigenvalue weighted by Gasteiger charge is -2.12. The predicted octanol–water partition coefficient (Wildman–Crippen LogP) is 2.24. The maximum absolute atomic E-state index is 11.9. The third-order valence-corrected chi connectivity index (χ3v) is 4.00. The lowest BCUT2D eigenvalue weighted by Crippen LogP contribution is -2.29. The van der Waals surface area contributed by atoms with Crippen LogP contribution in [-0.4, -0.2) is 28.6 Å². The highest BCUT2D eigenvalue weighted by Crippen LogP contribution is 2.08. The van der Waals surface area contributed by atoms with E-state index in [0.717, 1.165) is 13.0 Å². The minimum Gasteiger partial charge on any atom is -0.320 e. The quantitative estimate of drug-likeness (QED) is 0.808. The van der Waals surface area contributed by atoms with Crippen molar-refractivity contribution in [3.8, 4) is 0 Å². The fourth-order valence-corrected chi connectivity index (χ4v) is 2.61. The summed E-state index contributed by atoms with van der Waals surface area (Å²) >= 11 is 0. The number of benzene rings is 1. The van der Waals surface area contributed by atoms with Crippen LogP contribution in [0.25, 0.3) is 0 Å². The van der Waals surface area contributed by atoms with Gasteiger partial charge in [0.15, 0.2) is 0 Å². The van der Waals surface area contributed by atoms with Crippen LogP contribution in [-0.2, 0) is 10.0 Å². The highest BCUT2D eigenvalue weighted by atomic mass is 32.2. The molecule has 4 nitrogen and oxygen atoms in total. The van der Waals surface area contributed by atoms with E-state index in [-0.39, 0.29) is 0 Å². The molecule has 110 valence electrons. The molecule has 0 aliphatic carbocycles. The standard InChI is InChI=1S/C12H20N2O2S.C2H6/c1-11(8-9-13-2)10-14-17(15,16)12-6-4-3-5-7-12;1-2/h3-7,11,13-14H,8-10H2,1-2H3;1-2H3. The zero-order valence-electron chi connectivity index (χ0n) is 12.3. The highest BCUT2D eigenvalue weighted by Gasteiger charge is 2.13. The van der Waals surface area contributed by atoms with E-state index in [9.17, 15) is 8.42 Å². The fourth-order valence-electron chi connectivity index (χ4n) is 1.43. The van der Waals surface area contributed by atoms with Gasteiger partial charge in [-0.1, -0.05) is 39.0 Å². The Morgan fingerprint density at radius 1 is 1.16 bits per heavy atom. The Kier molecular flexibility index (Phi) is 9.47. The number of hydrogen-bond acceptors (Lipinski definition) is 3. The Hall–Kier alpha value is -0.910. The smallest absolute Gasteiger partial charge is 0.240 e. The Morgan fingerprint density at radius 2 is 1.74 bits per heavy atom. The Bertz CT molecular complexity index is 418. The fraction of sp³-hybridized carbons (Fsp3) is 0.571. The first-order valence-electron chi connectivity index (χ1n) is 6.75. The average Bonchev–Trinajstić information content (AvgIpc) is 2.46. The SMILES string of the molecule is CC.CNCCC(C)CNS(=O)(=O)c1ccccc1. The molecule has 19 heavy (non-hydrogen) atoms. The topological polar surface area (TPSA) is 58.2 Å². The van der Waals surface area contributed by atoms with Gasteiger partial charge in [-0.25, -0.2) is 13.1 Å². The summed E-state index contributed by atoms with van der Waals surface area (Å²) in [5, 5.41) is 3.05. The number of rotatable bonds is 7. The lowest BCUT2D eigenvalue weighted by molar-refractivity contribution is 0.499. The molecule has 0 heterocycles. The first-order valence-corrected chi connectivity index (χ1v) is 8.24. The van der Waals surface area contributed by atoms with Crippen LogP contribution in [0.1, 0.15) is 27.2 Å². The average molecular weight is 286 g/mol. The van der Waals surface area contributed by atoms with Crippen molar-refractivity contribution < 1.29 is 8.42 Å². The molecule has 0 bridgehead atoms. The van der Waals surface area contributed by atoms with Gasteiger partial charge in [-0.05, 0) is 38.1 Å². The second-order valence-electron chi connectivity index (χ2n) is 4.16. The molecule has 1 aromatic rings. The van der Waals surface area contributed by atoms with Crippen LogP contribution in [0.2, 0.25) is 0 Å². The van der Waals surface area contributed by atoms with Gasteiger partial charge in [0.25, 0.3) is 0 Å². The summed E-state index contributed by atoms with van der Waals surface area (Å²) in [5.41, 5.74) is 0. The van der Waals surface area contributed by atoms with Crippen molar-refractivity contribution in [3.63, 3.8) is 0 Å². The molecule has 2 N–H and O–H groups in total. The van der Waals surface area contributed by atoms with Crippen molar-refractivity contribution in [1.29, 1.82) is 0 Å². The van der Waals surface area contributed by atoms with Gasteiger partial charge < -0.3 is 5.32 Å². The summed E-state index contributed by atoms with van der Waals surface area (Å²) in [6.45, 7) is 7.40. The van der Waals surface area contributed by atoms with Gasteiger partial charge in [0.1, 0.15) is 0 Å². The monoisotopic (exact) mass is 286 g/mol. The van der Waals surface area contributed by atoms with E-state index in [2.05, 4.69) is 10.0 Å². The van der Waals surface area contributed by atoms with Gasteiger partial charge in [0.05, 0.1) is 4.90 Å². The molecule has 0 saturated heterocycles. The van der Waals surface area contributed by atoms with E-state index in [0.29, 0.717) is 17.4 Å². The van der Waals surface area contributed by atoms with Crippen molar-refractivity contribution in [3.05, 3.63) is 30.3 Å². The third-order valence-electron chi connectivity index (χ3n) is 2.56. The van der Waals surface area contributed by atoms with Crippen LogP contribution in [0.3, 0.4) is 0 Å². The van der Waals surface area contributed by atoms with E-state index in [1.807, 2.05) is 27.8 Å². The minimum absolute atomic E-state index is 0.320. The van der Waals surface area contributed by atoms with Crippen molar-refractivity contribution >= 4 is 10.0 Å². The van der Waals surface area contributed by atoms with Gasteiger partial charge in [-0.2, -0.15) is 0 Å². The number of hydrogen-bond donors (Lipinski definition) is 2. The van der Waals surface area contributed by atoms with Gasteiger partial charge in [-0.15, -0.1) is 0 Å². The van der Waals surface area contributed by atoms with Crippen molar-refractivity contribution in [2.75, 3.05) is 20.1 Å². The molecule has 1 aromatic carbocycles. The molecule has 0 aliphatic heterocycles. The molecule has 0 aromatic heterocycles. The minimum atomic E-state index is -3.35. The van der Waals surface area contributed by atoms with E-state index < -0.39 is 10.0 Å². The first kappa shape index (κ1) is 18.1. The van der Waals surface area contributed by atoms with Crippen molar-refractivity contribution in [1.82, 2.24) is 10.0 Å². The van der Waals surface area contributed by atoms with E-state index in [4.69, 9.17) is 0 Å². The molecule has 0 amide bonds. The second kappa shape index (κ2) is 9.95. The van der Waals surface area contributed by atoms with Crippen molar-refractivity contribution in [2.24, 2.45) is 5.92 Å². The van der Waals surface area contributed by atoms with Crippen LogP contribution in [0.15, 0.2) is 35.2 Å². The molecule has 0 fully saturated rings. The van der Waals surface area contributed by atoms with E-state index >= 15 is 0 Å². The summed E-state index contributed by atoms with van der Waals surface area (Å²) < 4.78 is 26.4. The zero-order chi connectivity index (χ0) is 14.7. The molecule has 1 unspecified atom stereocenters. The summed E-state index contributed by atoms with van der Waals surface area (Å²) in [5.74, 6) is 0.320. The van der Waals surface area contributed by atoms with Crippen LogP contribution < -0.4 is 10.0 Å². The maximum Gasteiger partial charge on any atom is 0.240 e. The van der Waals surface area contributed by atoms with Gasteiger partial charge in [0.2, 0.25) is 10.0 Å². The van der Waals surface area contributed by atoms with Gasteiger partial charge in [0, 0.05) is 6.54 Å². The van der Waals surface area contributed by atoms with Crippen LogP contribution in [0.5, 0.6) is 0 Å². The Labute approximate surface area is 117 Å². The molecular weight excluding hydrogens is 260 g/mol. The van der Waals surface area contributed by atoms with Crippen LogP contribution >= 0.6 is 0 Å². The largest absolute Gasteiger partial charge is 0.320 e. The summed E-state index contributed by atoms with van der Waals surface area (Å²) in [6, 6.07) is 8.44. The van der Waals surface area contributed by atoms with E-state index in [1.54, 1.807) is 30.3 Å². The molecule has 0 saturated carbocycles. The number of nitrogens with one attached hydrogen (secondary N) is 2. The first-order chi connectivity index (χ1) is 9.06. The van der Waals surface area contributed by atoms with E-state index in [1.165, 1.54) is 0 Å². The summed E-state index contributed by atoms with van der Waals surface area (Å²) in [4.78, 5) is 0.320. The molecule has 0 radical (unpaired) electrons. The molecular formula is C14H26N2O2S.